The third-order valence-electron chi connectivity index (χ3n) is 5.39. The van der Waals surface area contributed by atoms with Crippen LogP contribution in [0.5, 0.6) is 0 Å². The van der Waals surface area contributed by atoms with Crippen LogP contribution in [-0.2, 0) is 23.7 Å². The number of aromatic nitrogens is 4. The Balaban J connectivity index is 1.48. The van der Waals surface area contributed by atoms with Crippen LogP contribution in [0.3, 0.4) is 0 Å². The molecule has 2 aromatic heterocycles. The highest BCUT2D eigenvalue weighted by Gasteiger charge is 2.33. The maximum absolute atomic E-state index is 13.0. The van der Waals surface area contributed by atoms with Crippen LogP contribution in [0.15, 0.2) is 33.7 Å². The Morgan fingerprint density at radius 1 is 1.16 bits per heavy atom. The predicted octanol–water partition coefficient (Wildman–Crippen LogP) is 2.84. The number of nitrogens with zero attached hydrogens (tertiary/aromatic N) is 6. The van der Waals surface area contributed by atoms with E-state index in [2.05, 4.69) is 15.2 Å². The molecule has 31 heavy (non-hydrogen) atoms. The summed E-state index contributed by atoms with van der Waals surface area (Å²) >= 11 is 11.9. The molecule has 0 unspecified atom stereocenters. The summed E-state index contributed by atoms with van der Waals surface area (Å²) in [7, 11) is -1.78. The lowest BCUT2D eigenvalue weighted by atomic mass is 10.2. The maximum Gasteiger partial charge on any atom is 0.248 e. The number of halogens is 1. The van der Waals surface area contributed by atoms with E-state index in [0.29, 0.717) is 59.9 Å². The van der Waals surface area contributed by atoms with Crippen molar-refractivity contribution >= 4 is 33.8 Å². The van der Waals surface area contributed by atoms with Crippen molar-refractivity contribution in [3.05, 3.63) is 45.5 Å². The molecular weight excluding hydrogens is 460 g/mol. The molecule has 0 atom stereocenters. The minimum absolute atomic E-state index is 0.164. The molecule has 1 aliphatic rings. The minimum Gasteiger partial charge on any atom is -0.360 e. The Kier molecular flexibility index (Phi) is 6.05. The van der Waals surface area contributed by atoms with Crippen LogP contribution in [0.1, 0.15) is 11.5 Å². The average Bonchev–Trinajstić information content (AvgIpc) is 3.22. The smallest absolute Gasteiger partial charge is 0.248 e. The molecule has 0 N–H and O–H groups in total. The van der Waals surface area contributed by atoms with Gasteiger partial charge in [0.15, 0.2) is 16.4 Å². The van der Waals surface area contributed by atoms with Crippen molar-refractivity contribution in [3.63, 3.8) is 0 Å². The molecule has 0 aliphatic carbocycles. The number of benzene rings is 1. The van der Waals surface area contributed by atoms with Crippen LogP contribution in [0.2, 0.25) is 5.02 Å². The van der Waals surface area contributed by atoms with Crippen LogP contribution in [0, 0.1) is 18.6 Å². The van der Waals surface area contributed by atoms with Gasteiger partial charge >= 0.3 is 0 Å². The Morgan fingerprint density at radius 3 is 2.45 bits per heavy atom. The first-order chi connectivity index (χ1) is 14.7. The largest absolute Gasteiger partial charge is 0.360 e. The Hall–Kier alpha value is -2.05. The van der Waals surface area contributed by atoms with Crippen molar-refractivity contribution in [1.82, 2.24) is 28.7 Å². The van der Waals surface area contributed by atoms with Gasteiger partial charge in [0.25, 0.3) is 0 Å². The molecule has 12 heteroatoms. The number of rotatable bonds is 5. The maximum atomic E-state index is 13.0. The first-order valence-corrected chi connectivity index (χ1v) is 12.0. The highest BCUT2D eigenvalue weighted by Crippen LogP contribution is 2.27. The zero-order valence-electron chi connectivity index (χ0n) is 17.4. The average molecular weight is 483 g/mol. The number of aryl methyl sites for hydroxylation is 2. The van der Waals surface area contributed by atoms with Crippen LogP contribution in [0.25, 0.3) is 11.4 Å². The highest BCUT2D eigenvalue weighted by atomic mass is 35.5. The first kappa shape index (κ1) is 22.2. The summed E-state index contributed by atoms with van der Waals surface area (Å²) in [5.41, 5.74) is 1.19. The van der Waals surface area contributed by atoms with Gasteiger partial charge < -0.3 is 9.09 Å². The first-order valence-electron chi connectivity index (χ1n) is 9.74. The third kappa shape index (κ3) is 4.08. The van der Waals surface area contributed by atoms with Crippen molar-refractivity contribution in [2.24, 2.45) is 7.05 Å². The van der Waals surface area contributed by atoms with Gasteiger partial charge in [-0.1, -0.05) is 28.9 Å². The lowest BCUT2D eigenvalue weighted by Gasteiger charge is -2.33. The lowest BCUT2D eigenvalue weighted by Crippen LogP contribution is -2.49. The van der Waals surface area contributed by atoms with Crippen molar-refractivity contribution in [1.29, 1.82) is 0 Å². The fourth-order valence-corrected chi connectivity index (χ4v) is 5.85. The summed E-state index contributed by atoms with van der Waals surface area (Å²) < 4.78 is 36.7. The minimum atomic E-state index is -3.64. The molecule has 1 fully saturated rings. The van der Waals surface area contributed by atoms with Crippen molar-refractivity contribution < 1.29 is 12.9 Å². The second-order valence-corrected chi connectivity index (χ2v) is 10.1. The molecule has 3 aromatic rings. The van der Waals surface area contributed by atoms with Gasteiger partial charge in [-0.3, -0.25) is 4.90 Å². The second kappa shape index (κ2) is 8.47. The van der Waals surface area contributed by atoms with Gasteiger partial charge in [-0.2, -0.15) is 9.40 Å². The molecule has 3 heterocycles. The Bertz CT molecular complexity index is 1250. The highest BCUT2D eigenvalue weighted by molar-refractivity contribution is 7.89. The quantitative estimate of drug-likeness (QED) is 0.516. The lowest BCUT2D eigenvalue weighted by molar-refractivity contribution is 0.144. The third-order valence-corrected chi connectivity index (χ3v) is 8.34. The topological polar surface area (TPSA) is 89.4 Å². The van der Waals surface area contributed by atoms with E-state index in [9.17, 15) is 8.42 Å². The fourth-order valence-electron chi connectivity index (χ4n) is 3.73. The summed E-state index contributed by atoms with van der Waals surface area (Å²) in [4.78, 5) is 2.29. The van der Waals surface area contributed by atoms with Crippen molar-refractivity contribution in [2.45, 2.75) is 25.4 Å². The van der Waals surface area contributed by atoms with E-state index in [-0.39, 0.29) is 4.90 Å². The number of hydrogen-bond donors (Lipinski definition) is 0. The van der Waals surface area contributed by atoms with Crippen LogP contribution in [0.4, 0.5) is 0 Å². The van der Waals surface area contributed by atoms with E-state index in [1.54, 1.807) is 18.5 Å². The van der Waals surface area contributed by atoms with Crippen LogP contribution < -0.4 is 0 Å². The molecule has 0 spiro atoms. The molecule has 0 saturated carbocycles. The molecule has 0 radical (unpaired) electrons. The number of sulfonamides is 1. The van der Waals surface area contributed by atoms with E-state index >= 15 is 0 Å². The van der Waals surface area contributed by atoms with Crippen molar-refractivity contribution in [3.8, 4) is 11.4 Å². The van der Waals surface area contributed by atoms with Crippen LogP contribution >= 0.6 is 23.8 Å². The molecule has 1 aliphatic heterocycles. The zero-order chi connectivity index (χ0) is 22.3. The normalized spacial score (nSPS) is 16.1. The second-order valence-electron chi connectivity index (χ2n) is 7.46. The molecule has 166 valence electrons. The molecular formula is C19H23ClN6O3S2. The van der Waals surface area contributed by atoms with E-state index in [1.807, 2.05) is 35.9 Å². The summed E-state index contributed by atoms with van der Waals surface area (Å²) in [5, 5.41) is 9.04. The molecule has 0 bridgehead atoms. The number of hydrogen-bond acceptors (Lipinski definition) is 7. The molecule has 4 rings (SSSR count). The van der Waals surface area contributed by atoms with E-state index < -0.39 is 10.0 Å². The standard InChI is InChI=1S/C19H23ClN6O3S2/c1-13-17(14(2)29-22-13)31(27,28)25-10-8-24(9-11-25)12-26-19(30)23(3)18(21-26)15-6-4-5-7-16(15)20/h4-7H,8-12H2,1-3H3. The van der Waals surface area contributed by atoms with Crippen molar-refractivity contribution in [2.75, 3.05) is 26.2 Å². The molecule has 1 saturated heterocycles. The monoisotopic (exact) mass is 482 g/mol. The predicted molar refractivity (Wildman–Crippen MR) is 119 cm³/mol. The summed E-state index contributed by atoms with van der Waals surface area (Å²) in [6, 6.07) is 7.50. The SMILES string of the molecule is Cc1noc(C)c1S(=O)(=O)N1CCN(Cn2nc(-c3ccccc3Cl)n(C)c2=S)CC1. The van der Waals surface area contributed by atoms with Crippen LogP contribution in [-0.4, -0.2) is 63.3 Å². The van der Waals surface area contributed by atoms with Gasteiger partial charge in [-0.15, -0.1) is 0 Å². The zero-order valence-corrected chi connectivity index (χ0v) is 19.8. The van der Waals surface area contributed by atoms with E-state index in [0.717, 1.165) is 5.56 Å². The Morgan fingerprint density at radius 2 is 1.84 bits per heavy atom. The molecule has 9 nitrogen and oxygen atoms in total. The van der Waals surface area contributed by atoms with Gasteiger partial charge in [0.05, 0.1) is 11.7 Å². The van der Waals surface area contributed by atoms with Gasteiger partial charge in [-0.25, -0.2) is 13.1 Å². The number of piperazine rings is 1. The van der Waals surface area contributed by atoms with E-state index in [4.69, 9.17) is 28.3 Å². The summed E-state index contributed by atoms with van der Waals surface area (Å²) in [6.07, 6.45) is 0. The van der Waals surface area contributed by atoms with Gasteiger partial charge in [0, 0.05) is 38.8 Å². The van der Waals surface area contributed by atoms with Gasteiger partial charge in [0.1, 0.15) is 10.6 Å². The Labute approximate surface area is 190 Å². The van der Waals surface area contributed by atoms with Gasteiger partial charge in [0.2, 0.25) is 10.0 Å². The van der Waals surface area contributed by atoms with Gasteiger partial charge in [-0.05, 0) is 38.2 Å². The fraction of sp³-hybridized carbons (Fsp3) is 0.421. The van der Waals surface area contributed by atoms with E-state index in [1.165, 1.54) is 4.31 Å². The molecule has 0 amide bonds. The molecule has 1 aromatic carbocycles. The summed E-state index contributed by atoms with van der Waals surface area (Å²) in [6.45, 7) is 5.57. The summed E-state index contributed by atoms with van der Waals surface area (Å²) in [5.74, 6) is 1.00.